The van der Waals surface area contributed by atoms with Crippen molar-refractivity contribution in [3.8, 4) is 11.1 Å². The third-order valence-corrected chi connectivity index (χ3v) is 3.40. The molecule has 0 unspecified atom stereocenters. The molecular formula is C11H2ClF5IN. The quantitative estimate of drug-likeness (QED) is 0.220. The highest BCUT2D eigenvalue weighted by molar-refractivity contribution is 14.1. The summed E-state index contributed by atoms with van der Waals surface area (Å²) in [5.74, 6) is -10.0. The van der Waals surface area contributed by atoms with Crippen LogP contribution in [0.5, 0.6) is 0 Å². The molecule has 0 aliphatic carbocycles. The number of aromatic nitrogens is 1. The zero-order valence-corrected chi connectivity index (χ0v) is 11.7. The lowest BCUT2D eigenvalue weighted by molar-refractivity contribution is 0.381. The van der Waals surface area contributed by atoms with Gasteiger partial charge in [0.2, 0.25) is 5.82 Å². The van der Waals surface area contributed by atoms with Crippen molar-refractivity contribution in [2.24, 2.45) is 0 Å². The lowest BCUT2D eigenvalue weighted by Gasteiger charge is -2.09. The summed E-state index contributed by atoms with van der Waals surface area (Å²) in [5, 5.41) is 0.0389. The van der Waals surface area contributed by atoms with Crippen LogP contribution in [-0.2, 0) is 0 Å². The van der Waals surface area contributed by atoms with Crippen molar-refractivity contribution in [3.63, 3.8) is 0 Å². The minimum atomic E-state index is -2.20. The molecule has 19 heavy (non-hydrogen) atoms. The number of hydrogen-bond donors (Lipinski definition) is 0. The van der Waals surface area contributed by atoms with Gasteiger partial charge in [-0.05, 0) is 28.7 Å². The van der Waals surface area contributed by atoms with E-state index in [1.54, 1.807) is 22.6 Å². The number of halogens is 7. The van der Waals surface area contributed by atoms with Crippen LogP contribution in [-0.4, -0.2) is 4.98 Å². The van der Waals surface area contributed by atoms with E-state index in [2.05, 4.69) is 4.98 Å². The van der Waals surface area contributed by atoms with Gasteiger partial charge in [-0.25, -0.2) is 26.9 Å². The summed E-state index contributed by atoms with van der Waals surface area (Å²) in [7, 11) is 0. The first-order valence-corrected chi connectivity index (χ1v) is 6.13. The van der Waals surface area contributed by atoms with Crippen molar-refractivity contribution in [1.82, 2.24) is 4.98 Å². The molecule has 100 valence electrons. The Hall–Kier alpha value is -0.960. The number of hydrogen-bond acceptors (Lipinski definition) is 1. The van der Waals surface area contributed by atoms with Crippen LogP contribution in [0.25, 0.3) is 11.1 Å². The fourth-order valence-electron chi connectivity index (χ4n) is 1.43. The van der Waals surface area contributed by atoms with Crippen molar-refractivity contribution >= 4 is 34.2 Å². The molecule has 0 aliphatic rings. The molecule has 8 heteroatoms. The van der Waals surface area contributed by atoms with E-state index < -0.39 is 34.6 Å². The zero-order chi connectivity index (χ0) is 14.3. The molecular weight excluding hydrogens is 403 g/mol. The molecule has 2 aromatic rings. The Morgan fingerprint density at radius 3 is 1.84 bits per heavy atom. The van der Waals surface area contributed by atoms with Gasteiger partial charge in [0.25, 0.3) is 0 Å². The largest absolute Gasteiger partial charge is 0.244 e. The van der Waals surface area contributed by atoms with E-state index in [1.165, 1.54) is 6.07 Å². The molecule has 1 aromatic carbocycles. The Labute approximate surface area is 122 Å². The maximum Gasteiger partial charge on any atom is 0.200 e. The lowest BCUT2D eigenvalue weighted by atomic mass is 10.1. The Bertz CT molecular complexity index is 648. The predicted molar refractivity (Wildman–Crippen MR) is 67.2 cm³/mol. The minimum absolute atomic E-state index is 0.0389. The van der Waals surface area contributed by atoms with Gasteiger partial charge in [0, 0.05) is 15.3 Å². The van der Waals surface area contributed by atoms with Crippen molar-refractivity contribution < 1.29 is 22.0 Å². The topological polar surface area (TPSA) is 12.9 Å². The highest BCUT2D eigenvalue weighted by atomic mass is 127. The minimum Gasteiger partial charge on any atom is -0.244 e. The fraction of sp³-hybridized carbons (Fsp3) is 0. The van der Waals surface area contributed by atoms with Crippen LogP contribution in [0.1, 0.15) is 0 Å². The summed E-state index contributed by atoms with van der Waals surface area (Å²) < 4.78 is 66.5. The molecule has 1 nitrogen and oxygen atoms in total. The second-order valence-electron chi connectivity index (χ2n) is 3.43. The molecule has 0 saturated carbocycles. The summed E-state index contributed by atoms with van der Waals surface area (Å²) >= 11 is 7.22. The molecule has 0 atom stereocenters. The Kier molecular flexibility index (Phi) is 3.95. The first-order chi connectivity index (χ1) is 8.84. The maximum absolute atomic E-state index is 13.6. The second-order valence-corrected chi connectivity index (χ2v) is 4.98. The molecule has 0 aliphatic heterocycles. The second kappa shape index (κ2) is 5.20. The average Bonchev–Trinajstić information content (AvgIpc) is 2.37. The van der Waals surface area contributed by atoms with Gasteiger partial charge in [-0.2, -0.15) is 0 Å². The van der Waals surface area contributed by atoms with Gasteiger partial charge in [-0.1, -0.05) is 11.6 Å². The Balaban J connectivity index is 2.83. The van der Waals surface area contributed by atoms with Crippen LogP contribution in [0.15, 0.2) is 12.3 Å². The summed E-state index contributed by atoms with van der Waals surface area (Å²) in [5.41, 5.74) is -1.25. The van der Waals surface area contributed by atoms with Crippen LogP contribution in [0.3, 0.4) is 0 Å². The lowest BCUT2D eigenvalue weighted by Crippen LogP contribution is -2.05. The normalized spacial score (nSPS) is 10.9. The van der Waals surface area contributed by atoms with Crippen molar-refractivity contribution in [2.45, 2.75) is 0 Å². The molecule has 0 radical (unpaired) electrons. The first-order valence-electron chi connectivity index (χ1n) is 4.67. The summed E-state index contributed by atoms with van der Waals surface area (Å²) in [6.07, 6.45) is 0.947. The van der Waals surface area contributed by atoms with E-state index in [0.29, 0.717) is 0 Å². The highest BCUT2D eigenvalue weighted by Crippen LogP contribution is 2.34. The number of benzene rings is 1. The van der Waals surface area contributed by atoms with Crippen LogP contribution < -0.4 is 0 Å². The predicted octanol–water partition coefficient (Wildman–Crippen LogP) is 4.70. The van der Waals surface area contributed by atoms with Gasteiger partial charge in [0.1, 0.15) is 5.15 Å². The van der Waals surface area contributed by atoms with Crippen molar-refractivity contribution in [1.29, 1.82) is 0 Å². The fourth-order valence-corrected chi connectivity index (χ4v) is 2.48. The molecule has 0 bridgehead atoms. The standard InChI is InChI=1S/C11H2ClF5IN/c12-5-1-4(18)3(2-19-5)6-7(13)9(15)11(17)10(16)8(6)14/h1-2H. The van der Waals surface area contributed by atoms with Crippen molar-refractivity contribution in [3.05, 3.63) is 50.1 Å². The number of nitrogens with zero attached hydrogens (tertiary/aromatic N) is 1. The first kappa shape index (κ1) is 14.4. The van der Waals surface area contributed by atoms with E-state index in [9.17, 15) is 22.0 Å². The number of pyridine rings is 1. The molecule has 1 heterocycles. The van der Waals surface area contributed by atoms with Gasteiger partial charge < -0.3 is 0 Å². The van der Waals surface area contributed by atoms with Crippen LogP contribution in [0.4, 0.5) is 22.0 Å². The molecule has 0 amide bonds. The molecule has 0 saturated heterocycles. The van der Waals surface area contributed by atoms with Gasteiger partial charge in [0.15, 0.2) is 23.3 Å². The molecule has 2 rings (SSSR count). The molecule has 1 aromatic heterocycles. The van der Waals surface area contributed by atoms with Crippen molar-refractivity contribution in [2.75, 3.05) is 0 Å². The maximum atomic E-state index is 13.6. The van der Waals surface area contributed by atoms with Gasteiger partial charge in [0.05, 0.1) is 5.56 Å². The monoisotopic (exact) mass is 405 g/mol. The van der Waals surface area contributed by atoms with Gasteiger partial charge in [-0.15, -0.1) is 0 Å². The molecule has 0 fully saturated rings. The Morgan fingerprint density at radius 2 is 1.37 bits per heavy atom. The average molecular weight is 405 g/mol. The molecule has 0 spiro atoms. The smallest absolute Gasteiger partial charge is 0.200 e. The number of rotatable bonds is 1. The zero-order valence-electron chi connectivity index (χ0n) is 8.75. The van der Waals surface area contributed by atoms with E-state index in [4.69, 9.17) is 11.6 Å². The Morgan fingerprint density at radius 1 is 0.895 bits per heavy atom. The highest BCUT2D eigenvalue weighted by Gasteiger charge is 2.27. The van der Waals surface area contributed by atoms with Crippen LogP contribution >= 0.6 is 34.2 Å². The van der Waals surface area contributed by atoms with Gasteiger partial charge >= 0.3 is 0 Å². The van der Waals surface area contributed by atoms with E-state index >= 15 is 0 Å². The third kappa shape index (κ3) is 2.40. The third-order valence-electron chi connectivity index (χ3n) is 2.30. The summed E-state index contributed by atoms with van der Waals surface area (Å²) in [4.78, 5) is 3.57. The molecule has 0 N–H and O–H groups in total. The van der Waals surface area contributed by atoms with Gasteiger partial charge in [-0.3, -0.25) is 0 Å². The van der Waals surface area contributed by atoms with E-state index in [0.717, 1.165) is 6.20 Å². The van der Waals surface area contributed by atoms with Crippen LogP contribution in [0, 0.1) is 32.7 Å². The summed E-state index contributed by atoms with van der Waals surface area (Å²) in [6, 6.07) is 1.25. The SMILES string of the molecule is Fc1c(F)c(F)c(-c2cnc(Cl)cc2I)c(F)c1F. The summed E-state index contributed by atoms with van der Waals surface area (Å²) in [6.45, 7) is 0. The van der Waals surface area contributed by atoms with Crippen LogP contribution in [0.2, 0.25) is 5.15 Å². The van der Waals surface area contributed by atoms with E-state index in [-0.39, 0.29) is 14.3 Å². The van der Waals surface area contributed by atoms with E-state index in [1.807, 2.05) is 0 Å².